The Morgan fingerprint density at radius 3 is 2.90 bits per heavy atom. The number of nitrogens with one attached hydrogen (secondary N) is 1. The van der Waals surface area contributed by atoms with Crippen LogP contribution in [0.15, 0.2) is 12.5 Å². The Morgan fingerprint density at radius 1 is 1.35 bits per heavy atom. The van der Waals surface area contributed by atoms with E-state index in [-0.39, 0.29) is 0 Å². The molecule has 0 atom stereocenters. The maximum atomic E-state index is 4.50. The van der Waals surface area contributed by atoms with Gasteiger partial charge in [0.1, 0.15) is 12.1 Å². The molecule has 1 fully saturated rings. The van der Waals surface area contributed by atoms with E-state index < -0.39 is 0 Å². The monoisotopic (exact) mass is 274 g/mol. The summed E-state index contributed by atoms with van der Waals surface area (Å²) < 4.78 is 1.80. The minimum Gasteiger partial charge on any atom is -0.356 e. The van der Waals surface area contributed by atoms with Gasteiger partial charge in [-0.05, 0) is 38.8 Å². The van der Waals surface area contributed by atoms with Gasteiger partial charge in [-0.15, -0.1) is 0 Å². The van der Waals surface area contributed by atoms with Crippen LogP contribution in [0, 0.1) is 5.92 Å². The van der Waals surface area contributed by atoms with Gasteiger partial charge in [0.2, 0.25) is 0 Å². The minimum absolute atomic E-state index is 0.748. The van der Waals surface area contributed by atoms with Crippen molar-refractivity contribution in [2.75, 3.05) is 31.1 Å². The Bertz CT molecular complexity index is 572. The molecule has 6 nitrogen and oxygen atoms in total. The lowest BCUT2D eigenvalue weighted by Gasteiger charge is -2.30. The Kier molecular flexibility index (Phi) is 3.82. The van der Waals surface area contributed by atoms with Crippen LogP contribution in [0.3, 0.4) is 0 Å². The standard InChI is InChI=1S/C14H22N6/c1-3-20(9-11-4-6-15-7-5-11)14-12-8-18-19(2)13(12)16-10-17-14/h8,10-11,15H,3-7,9H2,1-2H3. The molecule has 0 aliphatic carbocycles. The first-order chi connectivity index (χ1) is 9.79. The van der Waals surface area contributed by atoms with Gasteiger partial charge < -0.3 is 10.2 Å². The Morgan fingerprint density at radius 2 is 2.15 bits per heavy atom. The number of piperidine rings is 1. The SMILES string of the molecule is CCN(CC1CCNCC1)c1ncnc2c1cnn2C. The molecule has 0 unspecified atom stereocenters. The largest absolute Gasteiger partial charge is 0.356 e. The molecule has 0 aromatic carbocycles. The van der Waals surface area contributed by atoms with E-state index in [1.54, 1.807) is 11.0 Å². The van der Waals surface area contributed by atoms with Crippen LogP contribution >= 0.6 is 0 Å². The number of rotatable bonds is 4. The minimum atomic E-state index is 0.748. The van der Waals surface area contributed by atoms with Crippen LogP contribution in [0.25, 0.3) is 11.0 Å². The van der Waals surface area contributed by atoms with Gasteiger partial charge in [-0.25, -0.2) is 9.97 Å². The van der Waals surface area contributed by atoms with E-state index in [0.29, 0.717) is 0 Å². The Balaban J connectivity index is 1.86. The second-order valence-corrected chi connectivity index (χ2v) is 5.43. The van der Waals surface area contributed by atoms with Crippen LogP contribution in [0.1, 0.15) is 19.8 Å². The summed E-state index contributed by atoms with van der Waals surface area (Å²) in [6, 6.07) is 0. The molecule has 3 rings (SSSR count). The highest BCUT2D eigenvalue weighted by atomic mass is 15.3. The molecule has 1 saturated heterocycles. The lowest BCUT2D eigenvalue weighted by atomic mass is 9.97. The summed E-state index contributed by atoms with van der Waals surface area (Å²) in [5.41, 5.74) is 0.902. The molecule has 6 heteroatoms. The van der Waals surface area contributed by atoms with E-state index in [0.717, 1.165) is 48.9 Å². The van der Waals surface area contributed by atoms with Crippen molar-refractivity contribution < 1.29 is 0 Å². The van der Waals surface area contributed by atoms with Crippen molar-refractivity contribution in [3.63, 3.8) is 0 Å². The molecule has 0 spiro atoms. The zero-order valence-electron chi connectivity index (χ0n) is 12.2. The van der Waals surface area contributed by atoms with E-state index in [9.17, 15) is 0 Å². The Labute approximate surface area is 119 Å². The van der Waals surface area contributed by atoms with Crippen molar-refractivity contribution in [3.05, 3.63) is 12.5 Å². The molecule has 0 saturated carbocycles. The quantitative estimate of drug-likeness (QED) is 0.907. The molecule has 2 aromatic heterocycles. The van der Waals surface area contributed by atoms with Gasteiger partial charge in [-0.2, -0.15) is 5.10 Å². The summed E-state index contributed by atoms with van der Waals surface area (Å²) in [7, 11) is 1.92. The van der Waals surface area contributed by atoms with E-state index in [1.807, 2.05) is 13.2 Å². The zero-order valence-corrected chi connectivity index (χ0v) is 12.2. The second-order valence-electron chi connectivity index (χ2n) is 5.43. The average Bonchev–Trinajstić information content (AvgIpc) is 2.88. The van der Waals surface area contributed by atoms with Crippen LogP contribution in [0.2, 0.25) is 0 Å². The first-order valence-electron chi connectivity index (χ1n) is 7.38. The summed E-state index contributed by atoms with van der Waals surface area (Å²) in [5, 5.41) is 8.77. The number of hydrogen-bond acceptors (Lipinski definition) is 5. The normalized spacial score (nSPS) is 16.7. The number of aromatic nitrogens is 4. The zero-order chi connectivity index (χ0) is 13.9. The maximum Gasteiger partial charge on any atom is 0.163 e. The molecule has 1 N–H and O–H groups in total. The van der Waals surface area contributed by atoms with Crippen LogP contribution < -0.4 is 10.2 Å². The van der Waals surface area contributed by atoms with Crippen LogP contribution in [-0.2, 0) is 7.05 Å². The van der Waals surface area contributed by atoms with Crippen LogP contribution in [-0.4, -0.2) is 45.9 Å². The molecular weight excluding hydrogens is 252 g/mol. The van der Waals surface area contributed by atoms with Gasteiger partial charge in [-0.1, -0.05) is 0 Å². The molecule has 2 aromatic rings. The van der Waals surface area contributed by atoms with E-state index in [2.05, 4.69) is 32.2 Å². The molecule has 1 aliphatic rings. The summed E-state index contributed by atoms with van der Waals surface area (Å²) >= 11 is 0. The first-order valence-corrected chi connectivity index (χ1v) is 7.38. The third-order valence-electron chi connectivity index (χ3n) is 4.13. The average molecular weight is 274 g/mol. The van der Waals surface area contributed by atoms with Gasteiger partial charge in [0.25, 0.3) is 0 Å². The topological polar surface area (TPSA) is 58.9 Å². The molecule has 1 aliphatic heterocycles. The number of nitrogens with zero attached hydrogens (tertiary/aromatic N) is 5. The lowest BCUT2D eigenvalue weighted by Crippen LogP contribution is -2.36. The first kappa shape index (κ1) is 13.3. The van der Waals surface area contributed by atoms with E-state index >= 15 is 0 Å². The number of fused-ring (bicyclic) bond motifs is 1. The molecule has 108 valence electrons. The summed E-state index contributed by atoms with van der Waals surface area (Å²) in [5.74, 6) is 1.77. The van der Waals surface area contributed by atoms with Crippen molar-refractivity contribution in [3.8, 4) is 0 Å². The van der Waals surface area contributed by atoms with Crippen LogP contribution in [0.4, 0.5) is 5.82 Å². The fourth-order valence-electron chi connectivity index (χ4n) is 2.94. The fourth-order valence-corrected chi connectivity index (χ4v) is 2.94. The maximum absolute atomic E-state index is 4.50. The predicted molar refractivity (Wildman–Crippen MR) is 79.8 cm³/mol. The highest BCUT2D eigenvalue weighted by molar-refractivity contribution is 5.86. The van der Waals surface area contributed by atoms with Crippen LogP contribution in [0.5, 0.6) is 0 Å². The predicted octanol–water partition coefficient (Wildman–Crippen LogP) is 1.19. The highest BCUT2D eigenvalue weighted by Gasteiger charge is 2.19. The van der Waals surface area contributed by atoms with Crippen molar-refractivity contribution >= 4 is 16.9 Å². The summed E-state index contributed by atoms with van der Waals surface area (Å²) in [6.07, 6.45) is 6.01. The molecule has 0 radical (unpaired) electrons. The molecular formula is C14H22N6. The van der Waals surface area contributed by atoms with Gasteiger partial charge in [-0.3, -0.25) is 4.68 Å². The van der Waals surface area contributed by atoms with Gasteiger partial charge in [0.05, 0.1) is 11.6 Å². The van der Waals surface area contributed by atoms with Crippen molar-refractivity contribution in [2.24, 2.45) is 13.0 Å². The number of hydrogen-bond donors (Lipinski definition) is 1. The molecule has 20 heavy (non-hydrogen) atoms. The van der Waals surface area contributed by atoms with Gasteiger partial charge in [0.15, 0.2) is 5.65 Å². The third kappa shape index (κ3) is 2.47. The molecule has 3 heterocycles. The second kappa shape index (κ2) is 5.75. The molecule has 0 amide bonds. The Hall–Kier alpha value is -1.69. The van der Waals surface area contributed by atoms with Crippen molar-refractivity contribution in [2.45, 2.75) is 19.8 Å². The van der Waals surface area contributed by atoms with E-state index in [4.69, 9.17) is 0 Å². The smallest absolute Gasteiger partial charge is 0.163 e. The number of anilines is 1. The number of aryl methyl sites for hydroxylation is 1. The van der Waals surface area contributed by atoms with Crippen molar-refractivity contribution in [1.82, 2.24) is 25.1 Å². The lowest BCUT2D eigenvalue weighted by molar-refractivity contribution is 0.374. The summed E-state index contributed by atoms with van der Waals surface area (Å²) in [4.78, 5) is 11.2. The van der Waals surface area contributed by atoms with E-state index in [1.165, 1.54) is 12.8 Å². The highest BCUT2D eigenvalue weighted by Crippen LogP contribution is 2.24. The third-order valence-corrected chi connectivity index (χ3v) is 4.13. The summed E-state index contributed by atoms with van der Waals surface area (Å²) in [6.45, 7) is 6.48. The van der Waals surface area contributed by atoms with Crippen molar-refractivity contribution in [1.29, 1.82) is 0 Å². The molecule has 0 bridgehead atoms. The fraction of sp³-hybridized carbons (Fsp3) is 0.643. The van der Waals surface area contributed by atoms with Gasteiger partial charge >= 0.3 is 0 Å². The van der Waals surface area contributed by atoms with Gasteiger partial charge in [0, 0.05) is 20.1 Å².